The lowest BCUT2D eigenvalue weighted by atomic mass is 9.89. The minimum atomic E-state index is -1.33. The molecule has 6 rings (SSSR count). The molecule has 0 aromatic heterocycles. The first-order valence-corrected chi connectivity index (χ1v) is 19.1. The largest absolute Gasteiger partial charge is 0.377 e. The Balaban J connectivity index is 0.927. The quantitative estimate of drug-likeness (QED) is 0.169. The van der Waals surface area contributed by atoms with E-state index in [4.69, 9.17) is 28.6 Å². The molecular weight excluding hydrogens is 735 g/mol. The van der Waals surface area contributed by atoms with Crippen molar-refractivity contribution in [2.24, 2.45) is 0 Å². The number of hydrogen-bond donors (Lipinski definition) is 3. The maximum atomic E-state index is 15.5. The second-order valence-electron chi connectivity index (χ2n) is 14.9. The highest BCUT2D eigenvalue weighted by atomic mass is 35.5. The number of piperazine rings is 1. The van der Waals surface area contributed by atoms with E-state index < -0.39 is 17.9 Å². The van der Waals surface area contributed by atoms with Crippen molar-refractivity contribution in [3.8, 4) is 6.07 Å². The van der Waals surface area contributed by atoms with Crippen molar-refractivity contribution in [2.45, 2.75) is 95.4 Å². The van der Waals surface area contributed by atoms with Crippen LogP contribution in [0.25, 0.3) is 0 Å². The number of nitrogens with one attached hydrogen (secondary N) is 3. The van der Waals surface area contributed by atoms with Crippen molar-refractivity contribution < 1.29 is 28.3 Å². The van der Waals surface area contributed by atoms with Crippen LogP contribution in [0.15, 0.2) is 42.5 Å². The van der Waals surface area contributed by atoms with Gasteiger partial charge in [0, 0.05) is 49.5 Å². The van der Waals surface area contributed by atoms with Gasteiger partial charge < -0.3 is 20.3 Å². The number of hydrogen-bond acceptors (Lipinski definition) is 10. The van der Waals surface area contributed by atoms with E-state index in [1.54, 1.807) is 47.4 Å². The second kappa shape index (κ2) is 16.7. The first-order valence-electron chi connectivity index (χ1n) is 18.4. The second-order valence-corrected chi connectivity index (χ2v) is 15.7. The predicted octanol–water partition coefficient (Wildman–Crippen LogP) is 4.41. The van der Waals surface area contributed by atoms with E-state index in [1.165, 1.54) is 4.90 Å². The molecule has 3 heterocycles. The van der Waals surface area contributed by atoms with Crippen molar-refractivity contribution in [3.05, 3.63) is 53.1 Å². The van der Waals surface area contributed by atoms with E-state index in [1.807, 2.05) is 36.6 Å². The average Bonchev–Trinajstić information content (AvgIpc) is 3.30. The summed E-state index contributed by atoms with van der Waals surface area (Å²) < 4.78 is 21.7. The Morgan fingerprint density at radius 3 is 2.52 bits per heavy atom. The number of ether oxygens (including phenoxy) is 1. The summed E-state index contributed by atoms with van der Waals surface area (Å²) in [5.41, 5.74) is 1.16. The number of piperidine rings is 1. The number of amides is 4. The Morgan fingerprint density at radius 1 is 1.09 bits per heavy atom. The Morgan fingerprint density at radius 2 is 1.83 bits per heavy atom. The van der Waals surface area contributed by atoms with Gasteiger partial charge in [0.15, 0.2) is 11.4 Å². The summed E-state index contributed by atoms with van der Waals surface area (Å²) in [6.45, 7) is 7.33. The lowest BCUT2D eigenvalue weighted by molar-refractivity contribution is -0.133. The topological polar surface area (TPSA) is 150 Å². The molecule has 3 N–H and O–H groups in total. The molecule has 54 heavy (non-hydrogen) atoms. The number of benzene rings is 2. The smallest absolute Gasteiger partial charge is 0.258 e. The van der Waals surface area contributed by atoms with Crippen molar-refractivity contribution in [1.29, 1.82) is 5.26 Å². The minimum absolute atomic E-state index is 0.0472. The number of alkyl halides is 1. The third-order valence-electron chi connectivity index (χ3n) is 10.7. The van der Waals surface area contributed by atoms with Gasteiger partial charge in [0.25, 0.3) is 5.91 Å². The number of nitriles is 1. The summed E-state index contributed by atoms with van der Waals surface area (Å²) >= 11 is 12.1. The lowest BCUT2D eigenvalue weighted by Gasteiger charge is -2.42. The van der Waals surface area contributed by atoms with Crippen molar-refractivity contribution in [2.75, 3.05) is 48.3 Å². The van der Waals surface area contributed by atoms with E-state index in [0.717, 1.165) is 25.7 Å². The molecule has 0 spiro atoms. The number of halogens is 2. The number of imide groups is 1. The molecule has 4 aliphatic rings. The van der Waals surface area contributed by atoms with Crippen LogP contribution in [0.2, 0.25) is 5.02 Å². The molecule has 1 saturated carbocycles. The number of nitrogens with zero attached hydrogens (tertiary/aromatic N) is 5. The van der Waals surface area contributed by atoms with Crippen LogP contribution < -0.4 is 20.9 Å². The molecule has 16 heteroatoms. The molecule has 2 aromatic carbocycles. The van der Waals surface area contributed by atoms with Gasteiger partial charge in [0.1, 0.15) is 17.6 Å². The van der Waals surface area contributed by atoms with Crippen LogP contribution in [-0.2, 0) is 23.9 Å². The summed E-state index contributed by atoms with van der Waals surface area (Å²) in [7, 11) is 0. The zero-order chi connectivity index (χ0) is 38.7. The van der Waals surface area contributed by atoms with Gasteiger partial charge in [-0.15, -0.1) is 0 Å². The summed E-state index contributed by atoms with van der Waals surface area (Å²) in [6.07, 6.45) is 2.56. The Kier molecular flexibility index (Phi) is 12.2. The number of carbonyl (C=O) groups excluding carboxylic acids is 4. The number of thiocarbonyl (C=S) groups is 1. The van der Waals surface area contributed by atoms with Gasteiger partial charge >= 0.3 is 0 Å². The molecule has 0 radical (unpaired) electrons. The van der Waals surface area contributed by atoms with Crippen molar-refractivity contribution in [3.63, 3.8) is 0 Å². The standard InChI is InChI=1S/C38H46ClFN8O5S/c1-23-20-45(21-32(40)46(23)22-34(50)43-26-6-4-5-25(17-26)42-31-13-14-33(49)44-35(31)51)15-16-53-29-11-9-27(10-12-29)48-37(54)47(36(52)38(48,2)3)28-8-7-24(19-41)30(39)18-28/h4-8,17-18,23,27,29,31-32,42H,9-16,20-22H2,1-3H3,(H,43,50)(H,44,49,51)/t23-,27?,29?,31?,32-/m0/s1. The Hall–Kier alpha value is -4.20. The molecule has 2 aromatic rings. The SMILES string of the molecule is C[C@H]1CN(CCOC2CCC(N3C(=S)N(c4ccc(C#N)c(Cl)c4)C(=O)C3(C)C)CC2)C[C@@H](F)N1CC(=O)Nc1cccc(NC2CCC(=O)NC2=O)c1. The summed E-state index contributed by atoms with van der Waals surface area (Å²) in [5, 5.41) is 18.2. The first kappa shape index (κ1) is 39.5. The fourth-order valence-corrected chi connectivity index (χ4v) is 8.66. The third-order valence-corrected chi connectivity index (χ3v) is 11.4. The molecule has 3 aliphatic heterocycles. The molecular formula is C38H46ClFN8O5S. The molecule has 13 nitrogen and oxygen atoms in total. The van der Waals surface area contributed by atoms with Gasteiger partial charge in [-0.25, -0.2) is 4.39 Å². The number of rotatable bonds is 11. The Bertz CT molecular complexity index is 1820. The zero-order valence-electron chi connectivity index (χ0n) is 30.6. The van der Waals surface area contributed by atoms with Crippen LogP contribution in [0.3, 0.4) is 0 Å². The number of anilines is 3. The van der Waals surface area contributed by atoms with Crippen LogP contribution in [-0.4, -0.2) is 112 Å². The fourth-order valence-electron chi connectivity index (χ4n) is 7.87. The monoisotopic (exact) mass is 780 g/mol. The van der Waals surface area contributed by atoms with Crippen LogP contribution in [0.1, 0.15) is 64.9 Å². The molecule has 3 atom stereocenters. The van der Waals surface area contributed by atoms with Crippen molar-refractivity contribution >= 4 is 69.6 Å². The summed E-state index contributed by atoms with van der Waals surface area (Å²) in [4.78, 5) is 57.2. The van der Waals surface area contributed by atoms with Crippen LogP contribution in [0.4, 0.5) is 21.5 Å². The summed E-state index contributed by atoms with van der Waals surface area (Å²) in [5.74, 6) is -1.16. The van der Waals surface area contributed by atoms with E-state index in [2.05, 4.69) is 16.0 Å². The molecule has 4 fully saturated rings. The zero-order valence-corrected chi connectivity index (χ0v) is 32.2. The molecule has 1 unspecified atom stereocenters. The average molecular weight is 781 g/mol. The maximum absolute atomic E-state index is 15.5. The fraction of sp³-hybridized carbons (Fsp3) is 0.526. The maximum Gasteiger partial charge on any atom is 0.258 e. The van der Waals surface area contributed by atoms with E-state index in [-0.39, 0.29) is 66.3 Å². The molecule has 4 amide bonds. The predicted molar refractivity (Wildman–Crippen MR) is 207 cm³/mol. The Labute approximate surface area is 325 Å². The minimum Gasteiger partial charge on any atom is -0.377 e. The van der Waals surface area contributed by atoms with Gasteiger partial charge in [0.2, 0.25) is 17.7 Å². The third kappa shape index (κ3) is 8.68. The van der Waals surface area contributed by atoms with Crippen LogP contribution >= 0.6 is 23.8 Å². The highest BCUT2D eigenvalue weighted by Gasteiger charge is 2.52. The molecule has 0 bridgehead atoms. The van der Waals surface area contributed by atoms with Gasteiger partial charge in [-0.05, 0) is 101 Å². The van der Waals surface area contributed by atoms with E-state index in [9.17, 15) is 24.4 Å². The molecule has 1 aliphatic carbocycles. The first-order chi connectivity index (χ1) is 25.7. The van der Waals surface area contributed by atoms with Crippen LogP contribution in [0, 0.1) is 11.3 Å². The molecule has 3 saturated heterocycles. The number of carbonyl (C=O) groups is 4. The van der Waals surface area contributed by atoms with Gasteiger partial charge in [0.05, 0.1) is 35.5 Å². The van der Waals surface area contributed by atoms with Crippen LogP contribution in [0.5, 0.6) is 0 Å². The van der Waals surface area contributed by atoms with E-state index in [0.29, 0.717) is 53.9 Å². The normalized spacial score (nSPS) is 26.4. The van der Waals surface area contributed by atoms with Gasteiger partial charge in [-0.2, -0.15) is 5.26 Å². The van der Waals surface area contributed by atoms with E-state index >= 15 is 4.39 Å². The molecule has 288 valence electrons. The van der Waals surface area contributed by atoms with Gasteiger partial charge in [-0.1, -0.05) is 17.7 Å². The highest BCUT2D eigenvalue weighted by molar-refractivity contribution is 7.80. The summed E-state index contributed by atoms with van der Waals surface area (Å²) in [6, 6.07) is 13.2. The lowest BCUT2D eigenvalue weighted by Crippen LogP contribution is -2.58. The highest BCUT2D eigenvalue weighted by Crippen LogP contribution is 2.39. The van der Waals surface area contributed by atoms with Gasteiger partial charge in [-0.3, -0.25) is 39.2 Å². The van der Waals surface area contributed by atoms with Crippen molar-refractivity contribution in [1.82, 2.24) is 20.0 Å².